The molecule has 1 atom stereocenters. The summed E-state index contributed by atoms with van der Waals surface area (Å²) in [6, 6.07) is 16.8. The summed E-state index contributed by atoms with van der Waals surface area (Å²) in [6.07, 6.45) is 0.230. The third-order valence-electron chi connectivity index (χ3n) is 3.68. The van der Waals surface area contributed by atoms with Gasteiger partial charge in [0.15, 0.2) is 6.10 Å². The van der Waals surface area contributed by atoms with E-state index >= 15 is 0 Å². The Morgan fingerprint density at radius 1 is 1.14 bits per heavy atom. The molecule has 140 valence electrons. The van der Waals surface area contributed by atoms with Crippen molar-refractivity contribution in [3.05, 3.63) is 65.2 Å². The molecule has 0 radical (unpaired) electrons. The number of methoxy groups -OCH3 is 1. The summed E-state index contributed by atoms with van der Waals surface area (Å²) in [7, 11) is 1.53. The minimum Gasteiger partial charge on any atom is -0.497 e. The van der Waals surface area contributed by atoms with Gasteiger partial charge in [0.25, 0.3) is 5.91 Å². The number of carbonyl (C=O) groups excluding carboxylic acids is 2. The number of amides is 1. The fraction of sp³-hybridized carbons (Fsp3) is 0.143. The predicted octanol–water partition coefficient (Wildman–Crippen LogP) is 3.04. The summed E-state index contributed by atoms with van der Waals surface area (Å²) in [5.41, 5.74) is 1.16. The van der Waals surface area contributed by atoms with Gasteiger partial charge in [-0.05, 0) is 48.9 Å². The van der Waals surface area contributed by atoms with Gasteiger partial charge in [0.1, 0.15) is 17.4 Å². The number of esters is 1. The van der Waals surface area contributed by atoms with Gasteiger partial charge in [0, 0.05) is 5.69 Å². The van der Waals surface area contributed by atoms with Crippen LogP contribution >= 0.6 is 0 Å². The molecule has 0 aromatic heterocycles. The van der Waals surface area contributed by atoms with E-state index in [1.165, 1.54) is 26.2 Å². The highest BCUT2D eigenvalue weighted by Gasteiger charge is 2.20. The quantitative estimate of drug-likeness (QED) is 0.472. The minimum atomic E-state index is -1.13. The topological polar surface area (TPSA) is 112 Å². The summed E-state index contributed by atoms with van der Waals surface area (Å²) >= 11 is 0. The van der Waals surface area contributed by atoms with Crippen molar-refractivity contribution in [3.63, 3.8) is 0 Å². The molecule has 0 heterocycles. The van der Waals surface area contributed by atoms with Crippen molar-refractivity contribution in [2.24, 2.45) is 0 Å². The van der Waals surface area contributed by atoms with E-state index in [1.807, 2.05) is 6.07 Å². The zero-order chi connectivity index (χ0) is 20.5. The molecule has 0 fully saturated rings. The molecule has 0 aliphatic heterocycles. The molecular formula is C21H17N3O4. The van der Waals surface area contributed by atoms with E-state index in [-0.39, 0.29) is 5.57 Å². The average molecular weight is 375 g/mol. The van der Waals surface area contributed by atoms with Crippen LogP contribution in [0.2, 0.25) is 0 Å². The number of ether oxygens (including phenoxy) is 2. The van der Waals surface area contributed by atoms with Crippen molar-refractivity contribution < 1.29 is 19.1 Å². The molecule has 0 saturated carbocycles. The maximum Gasteiger partial charge on any atom is 0.349 e. The van der Waals surface area contributed by atoms with Crippen molar-refractivity contribution in [3.8, 4) is 17.9 Å². The molecule has 0 unspecified atom stereocenters. The average Bonchev–Trinajstić information content (AvgIpc) is 2.72. The second-order valence-electron chi connectivity index (χ2n) is 5.67. The maximum atomic E-state index is 12.2. The van der Waals surface area contributed by atoms with E-state index in [4.69, 9.17) is 14.7 Å². The predicted molar refractivity (Wildman–Crippen MR) is 102 cm³/mol. The summed E-state index contributed by atoms with van der Waals surface area (Å²) in [5.74, 6) is -0.846. The third-order valence-corrected chi connectivity index (χ3v) is 3.68. The molecule has 2 aromatic carbocycles. The van der Waals surface area contributed by atoms with Crippen LogP contribution in [0.3, 0.4) is 0 Å². The molecule has 0 aliphatic rings. The number of hydrogen-bond donors (Lipinski definition) is 1. The largest absolute Gasteiger partial charge is 0.497 e. The van der Waals surface area contributed by atoms with Crippen LogP contribution in [0.4, 0.5) is 5.69 Å². The van der Waals surface area contributed by atoms with Crippen molar-refractivity contribution in [1.82, 2.24) is 0 Å². The Hall–Kier alpha value is -4.10. The minimum absolute atomic E-state index is 0.240. The van der Waals surface area contributed by atoms with E-state index in [0.717, 1.165) is 0 Å². The fourth-order valence-electron chi connectivity index (χ4n) is 2.19. The van der Waals surface area contributed by atoms with Crippen LogP contribution < -0.4 is 10.1 Å². The molecule has 28 heavy (non-hydrogen) atoms. The zero-order valence-corrected chi connectivity index (χ0v) is 15.3. The van der Waals surface area contributed by atoms with Crippen LogP contribution in [0.25, 0.3) is 6.08 Å². The molecule has 1 N–H and O–H groups in total. The SMILES string of the molecule is COc1ccc(/C=C(\C#N)C(=O)O[C@H](C)C(=O)Nc2cccc(C#N)c2)cc1. The monoisotopic (exact) mass is 375 g/mol. The van der Waals surface area contributed by atoms with E-state index in [9.17, 15) is 14.9 Å². The number of nitrogens with one attached hydrogen (secondary N) is 1. The zero-order valence-electron chi connectivity index (χ0n) is 15.3. The molecular weight excluding hydrogens is 358 g/mol. The lowest BCUT2D eigenvalue weighted by Gasteiger charge is -2.13. The standard InChI is InChI=1S/C21H17N3O4/c1-14(20(25)24-18-5-3-4-16(11-18)12-22)28-21(26)17(13-23)10-15-6-8-19(27-2)9-7-15/h3-11,14H,1-2H3,(H,24,25)/b17-10+/t14-/m1/s1. The highest BCUT2D eigenvalue weighted by molar-refractivity contribution is 6.01. The van der Waals surface area contributed by atoms with Crippen molar-refractivity contribution >= 4 is 23.6 Å². The second-order valence-corrected chi connectivity index (χ2v) is 5.67. The number of carbonyl (C=O) groups is 2. The first-order valence-corrected chi connectivity index (χ1v) is 8.24. The Morgan fingerprint density at radius 2 is 1.86 bits per heavy atom. The number of benzene rings is 2. The molecule has 7 nitrogen and oxygen atoms in total. The molecule has 2 rings (SSSR count). The van der Waals surface area contributed by atoms with Crippen LogP contribution in [0.1, 0.15) is 18.1 Å². The maximum absolute atomic E-state index is 12.2. The molecule has 7 heteroatoms. The molecule has 1 amide bonds. The van der Waals surface area contributed by atoms with E-state index < -0.39 is 18.0 Å². The lowest BCUT2D eigenvalue weighted by molar-refractivity contribution is -0.148. The van der Waals surface area contributed by atoms with Crippen LogP contribution in [0.5, 0.6) is 5.75 Å². The summed E-state index contributed by atoms with van der Waals surface area (Å²) in [5, 5.41) is 20.7. The Labute approximate surface area is 162 Å². The Bertz CT molecular complexity index is 982. The smallest absolute Gasteiger partial charge is 0.349 e. The number of rotatable bonds is 6. The van der Waals surface area contributed by atoms with Gasteiger partial charge in [0.2, 0.25) is 0 Å². The van der Waals surface area contributed by atoms with Crippen molar-refractivity contribution in [2.75, 3.05) is 12.4 Å². The Morgan fingerprint density at radius 3 is 2.46 bits per heavy atom. The third kappa shape index (κ3) is 5.45. The molecule has 0 saturated heterocycles. The summed E-state index contributed by atoms with van der Waals surface area (Å²) < 4.78 is 10.1. The van der Waals surface area contributed by atoms with E-state index in [0.29, 0.717) is 22.6 Å². The summed E-state index contributed by atoms with van der Waals surface area (Å²) in [4.78, 5) is 24.4. The van der Waals surface area contributed by atoms with Crippen LogP contribution in [-0.4, -0.2) is 25.1 Å². The highest BCUT2D eigenvalue weighted by atomic mass is 16.5. The van der Waals surface area contributed by atoms with Gasteiger partial charge in [-0.2, -0.15) is 10.5 Å². The first-order valence-electron chi connectivity index (χ1n) is 8.24. The van der Waals surface area contributed by atoms with Gasteiger partial charge >= 0.3 is 5.97 Å². The van der Waals surface area contributed by atoms with Crippen LogP contribution in [-0.2, 0) is 14.3 Å². The fourth-order valence-corrected chi connectivity index (χ4v) is 2.19. The Kier molecular flexibility index (Phi) is 6.90. The van der Waals surface area contributed by atoms with Crippen molar-refractivity contribution in [2.45, 2.75) is 13.0 Å². The lowest BCUT2D eigenvalue weighted by Crippen LogP contribution is -2.30. The first-order chi connectivity index (χ1) is 13.5. The van der Waals surface area contributed by atoms with E-state index in [2.05, 4.69) is 5.32 Å². The second kappa shape index (κ2) is 9.56. The molecule has 0 bridgehead atoms. The molecule has 0 spiro atoms. The van der Waals surface area contributed by atoms with Gasteiger partial charge in [-0.1, -0.05) is 18.2 Å². The number of nitrogens with zero attached hydrogens (tertiary/aromatic N) is 2. The first kappa shape index (κ1) is 20.2. The van der Waals surface area contributed by atoms with Crippen LogP contribution in [0, 0.1) is 22.7 Å². The number of anilines is 1. The van der Waals surface area contributed by atoms with E-state index in [1.54, 1.807) is 48.5 Å². The van der Waals surface area contributed by atoms with Gasteiger partial charge in [-0.15, -0.1) is 0 Å². The van der Waals surface area contributed by atoms with Gasteiger partial charge in [-0.25, -0.2) is 4.79 Å². The van der Waals surface area contributed by atoms with Crippen molar-refractivity contribution in [1.29, 1.82) is 10.5 Å². The molecule has 2 aromatic rings. The van der Waals surface area contributed by atoms with Crippen LogP contribution in [0.15, 0.2) is 54.1 Å². The number of hydrogen-bond acceptors (Lipinski definition) is 6. The normalized spacial score (nSPS) is 11.5. The highest BCUT2D eigenvalue weighted by Crippen LogP contribution is 2.15. The molecule has 0 aliphatic carbocycles. The van der Waals surface area contributed by atoms with Gasteiger partial charge < -0.3 is 14.8 Å². The summed E-state index contributed by atoms with van der Waals surface area (Å²) in [6.45, 7) is 1.39. The Balaban J connectivity index is 2.04. The lowest BCUT2D eigenvalue weighted by atomic mass is 10.1. The van der Waals surface area contributed by atoms with Gasteiger partial charge in [0.05, 0.1) is 18.7 Å². The number of nitriles is 2. The van der Waals surface area contributed by atoms with Gasteiger partial charge in [-0.3, -0.25) is 4.79 Å².